The monoisotopic (exact) mass is 362 g/mol. The summed E-state index contributed by atoms with van der Waals surface area (Å²) >= 11 is 0. The van der Waals surface area contributed by atoms with Gasteiger partial charge in [-0.1, -0.05) is 43.3 Å². The first-order chi connectivity index (χ1) is 13.2. The minimum Gasteiger partial charge on any atom is -0.347 e. The van der Waals surface area contributed by atoms with Crippen molar-refractivity contribution >= 4 is 17.5 Å². The van der Waals surface area contributed by atoms with Gasteiger partial charge in [-0.25, -0.2) is 4.68 Å². The van der Waals surface area contributed by atoms with Gasteiger partial charge in [-0.3, -0.25) is 9.59 Å². The van der Waals surface area contributed by atoms with E-state index in [1.165, 1.54) is 0 Å². The summed E-state index contributed by atoms with van der Waals surface area (Å²) in [4.78, 5) is 24.2. The third-order valence-electron chi connectivity index (χ3n) is 4.14. The fraction of sp³-hybridized carbons (Fsp3) is 0.190. The van der Waals surface area contributed by atoms with Crippen LogP contribution >= 0.6 is 0 Å². The van der Waals surface area contributed by atoms with Crippen molar-refractivity contribution in [1.82, 2.24) is 15.1 Å². The molecule has 0 fully saturated rings. The number of amides is 2. The third-order valence-corrected chi connectivity index (χ3v) is 4.14. The highest BCUT2D eigenvalue weighted by Crippen LogP contribution is 2.15. The van der Waals surface area contributed by atoms with Gasteiger partial charge < -0.3 is 10.6 Å². The second-order valence-electron chi connectivity index (χ2n) is 6.14. The molecule has 0 saturated heterocycles. The normalized spacial score (nSPS) is 10.4. The van der Waals surface area contributed by atoms with E-state index in [4.69, 9.17) is 0 Å². The summed E-state index contributed by atoms with van der Waals surface area (Å²) in [6.45, 7) is 1.96. The lowest BCUT2D eigenvalue weighted by Gasteiger charge is -2.10. The molecule has 0 bridgehead atoms. The minimum atomic E-state index is -0.246. The van der Waals surface area contributed by atoms with Crippen LogP contribution in [0.4, 0.5) is 5.69 Å². The first kappa shape index (κ1) is 18.4. The molecule has 138 valence electrons. The average molecular weight is 362 g/mol. The summed E-state index contributed by atoms with van der Waals surface area (Å²) in [6, 6.07) is 17.3. The number of nitrogens with one attached hydrogen (secondary N) is 2. The number of carbonyl (C=O) groups excluding carboxylic acids is 2. The fourth-order valence-electron chi connectivity index (χ4n) is 2.75. The smallest absolute Gasteiger partial charge is 0.243 e. The van der Waals surface area contributed by atoms with Crippen LogP contribution in [0.1, 0.15) is 18.1 Å². The van der Waals surface area contributed by atoms with Crippen LogP contribution in [0.3, 0.4) is 0 Å². The zero-order valence-corrected chi connectivity index (χ0v) is 15.2. The lowest BCUT2D eigenvalue weighted by Crippen LogP contribution is -2.33. The van der Waals surface area contributed by atoms with Crippen LogP contribution in [0.15, 0.2) is 67.0 Å². The van der Waals surface area contributed by atoms with Gasteiger partial charge in [0.05, 0.1) is 24.8 Å². The number of aromatic nitrogens is 2. The molecule has 0 radical (unpaired) electrons. The zero-order chi connectivity index (χ0) is 19.1. The molecule has 3 aromatic rings. The van der Waals surface area contributed by atoms with Gasteiger partial charge in [0.1, 0.15) is 0 Å². The van der Waals surface area contributed by atoms with Crippen molar-refractivity contribution < 1.29 is 9.59 Å². The summed E-state index contributed by atoms with van der Waals surface area (Å²) < 4.78 is 1.72. The van der Waals surface area contributed by atoms with Gasteiger partial charge in [0.15, 0.2) is 0 Å². The molecule has 1 heterocycles. The Bertz CT molecular complexity index is 919. The molecular formula is C21H22N4O2. The van der Waals surface area contributed by atoms with Crippen LogP contribution in [0.2, 0.25) is 0 Å². The second-order valence-corrected chi connectivity index (χ2v) is 6.14. The van der Waals surface area contributed by atoms with Crippen LogP contribution in [0.25, 0.3) is 5.69 Å². The molecule has 0 saturated carbocycles. The summed E-state index contributed by atoms with van der Waals surface area (Å²) in [5, 5.41) is 9.75. The summed E-state index contributed by atoms with van der Waals surface area (Å²) in [6.07, 6.45) is 4.47. The van der Waals surface area contributed by atoms with E-state index in [2.05, 4.69) is 15.7 Å². The molecule has 6 heteroatoms. The Hall–Kier alpha value is -3.41. The van der Waals surface area contributed by atoms with Gasteiger partial charge in [0.2, 0.25) is 11.8 Å². The maximum atomic E-state index is 12.1. The first-order valence-electron chi connectivity index (χ1n) is 8.89. The Morgan fingerprint density at radius 3 is 2.52 bits per heavy atom. The zero-order valence-electron chi connectivity index (χ0n) is 15.2. The molecule has 2 aromatic carbocycles. The maximum Gasteiger partial charge on any atom is 0.243 e. The molecule has 1 aromatic heterocycles. The Balaban J connectivity index is 1.50. The van der Waals surface area contributed by atoms with Crippen LogP contribution in [-0.2, 0) is 22.4 Å². The lowest BCUT2D eigenvalue weighted by atomic mass is 10.1. The number of para-hydroxylation sites is 2. The van der Waals surface area contributed by atoms with E-state index in [-0.39, 0.29) is 24.8 Å². The summed E-state index contributed by atoms with van der Waals surface area (Å²) in [5.41, 5.74) is 3.56. The van der Waals surface area contributed by atoms with Crippen molar-refractivity contribution in [1.29, 1.82) is 0 Å². The standard InChI is InChI=1S/C21H22N4O2/c1-2-17-8-6-7-11-19(17)24-21(27)14-22-20(26)12-16-13-23-25(15-16)18-9-4-3-5-10-18/h3-11,13,15H,2,12,14H2,1H3,(H,22,26)(H,24,27). The SMILES string of the molecule is CCc1ccccc1NC(=O)CNC(=O)Cc1cnn(-c2ccccc2)c1. The predicted molar refractivity (Wildman–Crippen MR) is 105 cm³/mol. The summed E-state index contributed by atoms with van der Waals surface area (Å²) in [5.74, 6) is -0.467. The molecule has 0 aliphatic heterocycles. The van der Waals surface area contributed by atoms with E-state index in [0.717, 1.165) is 28.9 Å². The molecule has 2 N–H and O–H groups in total. The predicted octanol–water partition coefficient (Wildman–Crippen LogP) is 2.73. The quantitative estimate of drug-likeness (QED) is 0.678. The molecule has 0 unspecified atom stereocenters. The largest absolute Gasteiger partial charge is 0.347 e. The Morgan fingerprint density at radius 1 is 1.00 bits per heavy atom. The Morgan fingerprint density at radius 2 is 1.74 bits per heavy atom. The number of hydrogen-bond donors (Lipinski definition) is 2. The second kappa shape index (κ2) is 8.80. The van der Waals surface area contributed by atoms with Gasteiger partial charge in [-0.2, -0.15) is 5.10 Å². The molecule has 6 nitrogen and oxygen atoms in total. The van der Waals surface area contributed by atoms with Crippen molar-refractivity contribution in [3.8, 4) is 5.69 Å². The highest BCUT2D eigenvalue weighted by molar-refractivity contribution is 5.95. The number of rotatable bonds is 7. The van der Waals surface area contributed by atoms with E-state index in [1.807, 2.05) is 67.7 Å². The summed E-state index contributed by atoms with van der Waals surface area (Å²) in [7, 11) is 0. The van der Waals surface area contributed by atoms with Crippen LogP contribution in [0, 0.1) is 0 Å². The van der Waals surface area contributed by atoms with Gasteiger partial charge in [0.25, 0.3) is 0 Å². The van der Waals surface area contributed by atoms with E-state index >= 15 is 0 Å². The van der Waals surface area contributed by atoms with Gasteiger partial charge in [0, 0.05) is 11.9 Å². The van der Waals surface area contributed by atoms with Gasteiger partial charge >= 0.3 is 0 Å². The molecule has 27 heavy (non-hydrogen) atoms. The highest BCUT2D eigenvalue weighted by Gasteiger charge is 2.10. The molecule has 0 aliphatic rings. The van der Waals surface area contributed by atoms with Crippen LogP contribution < -0.4 is 10.6 Å². The maximum absolute atomic E-state index is 12.1. The Kier molecular flexibility index (Phi) is 5.99. The number of carbonyl (C=O) groups is 2. The van der Waals surface area contributed by atoms with Gasteiger partial charge in [-0.05, 0) is 35.7 Å². The molecule has 0 aliphatic carbocycles. The van der Waals surface area contributed by atoms with Crippen LogP contribution in [0.5, 0.6) is 0 Å². The molecular weight excluding hydrogens is 340 g/mol. The van der Waals surface area contributed by atoms with E-state index < -0.39 is 0 Å². The minimum absolute atomic E-state index is 0.0658. The van der Waals surface area contributed by atoms with Crippen molar-refractivity contribution in [3.63, 3.8) is 0 Å². The van der Waals surface area contributed by atoms with E-state index in [9.17, 15) is 9.59 Å². The van der Waals surface area contributed by atoms with Crippen LogP contribution in [-0.4, -0.2) is 28.1 Å². The number of hydrogen-bond acceptors (Lipinski definition) is 3. The van der Waals surface area contributed by atoms with Gasteiger partial charge in [-0.15, -0.1) is 0 Å². The highest BCUT2D eigenvalue weighted by atomic mass is 16.2. The average Bonchev–Trinajstić information content (AvgIpc) is 3.16. The molecule has 0 atom stereocenters. The molecule has 0 spiro atoms. The molecule has 3 rings (SSSR count). The molecule has 2 amide bonds. The van der Waals surface area contributed by atoms with Crippen molar-refractivity contribution in [2.24, 2.45) is 0 Å². The Labute approximate surface area is 158 Å². The first-order valence-corrected chi connectivity index (χ1v) is 8.89. The number of aryl methyl sites for hydroxylation is 1. The van der Waals surface area contributed by atoms with Crippen molar-refractivity contribution in [3.05, 3.63) is 78.1 Å². The number of benzene rings is 2. The van der Waals surface area contributed by atoms with Crippen molar-refractivity contribution in [2.75, 3.05) is 11.9 Å². The van der Waals surface area contributed by atoms with E-state index in [0.29, 0.717) is 0 Å². The number of nitrogens with zero attached hydrogens (tertiary/aromatic N) is 2. The number of anilines is 1. The fourth-order valence-corrected chi connectivity index (χ4v) is 2.75. The topological polar surface area (TPSA) is 76.0 Å². The van der Waals surface area contributed by atoms with Crippen molar-refractivity contribution in [2.45, 2.75) is 19.8 Å². The third kappa shape index (κ3) is 5.04. The van der Waals surface area contributed by atoms with E-state index in [1.54, 1.807) is 10.9 Å². The lowest BCUT2D eigenvalue weighted by molar-refractivity contribution is -0.123.